The Morgan fingerprint density at radius 1 is 1.00 bits per heavy atom. The lowest BCUT2D eigenvalue weighted by Crippen LogP contribution is -2.46. The van der Waals surface area contributed by atoms with E-state index in [1.54, 1.807) is 33.1 Å². The number of ketones is 3. The van der Waals surface area contributed by atoms with E-state index >= 15 is 0 Å². The first-order valence-corrected chi connectivity index (χ1v) is 14.2. The number of nitrogens with one attached hydrogen (secondary N) is 1. The van der Waals surface area contributed by atoms with E-state index in [0.29, 0.717) is 38.7 Å². The van der Waals surface area contributed by atoms with Crippen LogP contribution in [0.3, 0.4) is 0 Å². The molecule has 0 spiro atoms. The zero-order chi connectivity index (χ0) is 29.4. The van der Waals surface area contributed by atoms with Crippen LogP contribution in [0.5, 0.6) is 5.75 Å². The van der Waals surface area contributed by atoms with Crippen molar-refractivity contribution in [2.24, 2.45) is 5.92 Å². The number of hydrogen-bond acceptors (Lipinski definition) is 8. The van der Waals surface area contributed by atoms with E-state index in [2.05, 4.69) is 5.32 Å². The summed E-state index contributed by atoms with van der Waals surface area (Å²) in [5, 5.41) is 2.90. The summed E-state index contributed by atoms with van der Waals surface area (Å²) in [6.45, 7) is 6.60. The number of methoxy groups -OCH3 is 1. The van der Waals surface area contributed by atoms with Gasteiger partial charge in [0.05, 0.1) is 45.4 Å². The Labute approximate surface area is 241 Å². The average molecular weight is 565 g/mol. The fourth-order valence-electron chi connectivity index (χ4n) is 5.07. The first-order valence-electron chi connectivity index (χ1n) is 14.2. The Kier molecular flexibility index (Phi) is 10.4. The molecule has 2 aliphatic heterocycles. The van der Waals surface area contributed by atoms with E-state index in [1.807, 2.05) is 47.4 Å². The molecule has 0 radical (unpaired) electrons. The molecule has 1 N–H and O–H groups in total. The molecule has 2 aromatic rings. The maximum atomic E-state index is 13.8. The van der Waals surface area contributed by atoms with Crippen molar-refractivity contribution in [1.29, 1.82) is 0 Å². The third kappa shape index (κ3) is 8.55. The van der Waals surface area contributed by atoms with Gasteiger partial charge >= 0.3 is 0 Å². The molecule has 41 heavy (non-hydrogen) atoms. The van der Waals surface area contributed by atoms with Gasteiger partial charge in [-0.25, -0.2) is 0 Å². The normalized spacial score (nSPS) is 20.9. The first-order chi connectivity index (χ1) is 19.7. The van der Waals surface area contributed by atoms with Gasteiger partial charge in [-0.3, -0.25) is 24.1 Å². The Hall–Kier alpha value is -3.40. The summed E-state index contributed by atoms with van der Waals surface area (Å²) >= 11 is 0. The predicted molar refractivity (Wildman–Crippen MR) is 153 cm³/mol. The van der Waals surface area contributed by atoms with Gasteiger partial charge in [0.1, 0.15) is 17.1 Å². The van der Waals surface area contributed by atoms with Crippen LogP contribution in [0.25, 0.3) is 0 Å². The van der Waals surface area contributed by atoms with Crippen LogP contribution in [0, 0.1) is 5.92 Å². The molecule has 1 unspecified atom stereocenters. The van der Waals surface area contributed by atoms with E-state index in [-0.39, 0.29) is 49.1 Å². The van der Waals surface area contributed by atoms with Crippen LogP contribution in [0.15, 0.2) is 54.6 Å². The number of epoxide rings is 1. The summed E-state index contributed by atoms with van der Waals surface area (Å²) in [7, 11) is 1.58. The van der Waals surface area contributed by atoms with Crippen LogP contribution in [-0.4, -0.2) is 86.4 Å². The van der Waals surface area contributed by atoms with Gasteiger partial charge in [-0.05, 0) is 36.6 Å². The molecular formula is C32H40N2O7. The highest BCUT2D eigenvalue weighted by Gasteiger charge is 2.50. The largest absolute Gasteiger partial charge is 0.497 e. The second-order valence-corrected chi connectivity index (χ2v) is 11.2. The van der Waals surface area contributed by atoms with Gasteiger partial charge in [0, 0.05) is 31.8 Å². The number of ether oxygens (including phenoxy) is 3. The quantitative estimate of drug-likeness (QED) is 0.329. The van der Waals surface area contributed by atoms with E-state index in [9.17, 15) is 19.2 Å². The molecule has 2 fully saturated rings. The van der Waals surface area contributed by atoms with Crippen LogP contribution >= 0.6 is 0 Å². The first kappa shape index (κ1) is 30.6. The molecule has 2 aromatic carbocycles. The number of rotatable bonds is 15. The smallest absolute Gasteiger partial charge is 0.223 e. The van der Waals surface area contributed by atoms with Gasteiger partial charge < -0.3 is 19.5 Å². The summed E-state index contributed by atoms with van der Waals surface area (Å²) in [5.41, 5.74) is 0.671. The summed E-state index contributed by atoms with van der Waals surface area (Å²) in [5.74, 6) is -1.42. The minimum Gasteiger partial charge on any atom is -0.497 e. The number of carbonyl (C=O) groups is 4. The molecule has 0 saturated carbocycles. The van der Waals surface area contributed by atoms with Gasteiger partial charge in [-0.15, -0.1) is 0 Å². The summed E-state index contributed by atoms with van der Waals surface area (Å²) < 4.78 is 16.0. The Morgan fingerprint density at radius 2 is 1.66 bits per heavy atom. The third-order valence-corrected chi connectivity index (χ3v) is 7.81. The van der Waals surface area contributed by atoms with Crippen LogP contribution in [-0.2, 0) is 35.1 Å². The van der Waals surface area contributed by atoms with Gasteiger partial charge in [-0.1, -0.05) is 49.4 Å². The number of morpholine rings is 1. The second-order valence-electron chi connectivity index (χ2n) is 11.2. The molecule has 0 aliphatic carbocycles. The second kappa shape index (κ2) is 14.0. The lowest BCUT2D eigenvalue weighted by Gasteiger charge is -2.26. The lowest BCUT2D eigenvalue weighted by atomic mass is 9.83. The van der Waals surface area contributed by atoms with Crippen LogP contribution in [0.1, 0.15) is 43.7 Å². The van der Waals surface area contributed by atoms with Crippen molar-refractivity contribution in [3.63, 3.8) is 0 Å². The molecular weight excluding hydrogens is 524 g/mol. The number of nitrogens with zero attached hydrogens (tertiary/aromatic N) is 1. The van der Waals surface area contributed by atoms with E-state index in [1.165, 1.54) is 0 Å². The number of amides is 1. The van der Waals surface area contributed by atoms with E-state index in [0.717, 1.165) is 11.1 Å². The van der Waals surface area contributed by atoms with Gasteiger partial charge in [0.15, 0.2) is 11.6 Å². The van der Waals surface area contributed by atoms with Gasteiger partial charge in [-0.2, -0.15) is 0 Å². The number of benzene rings is 2. The molecule has 9 nitrogen and oxygen atoms in total. The molecule has 2 saturated heterocycles. The van der Waals surface area contributed by atoms with Crippen molar-refractivity contribution >= 4 is 23.3 Å². The van der Waals surface area contributed by atoms with Crippen molar-refractivity contribution in [1.82, 2.24) is 10.2 Å². The minimum absolute atomic E-state index is 0.0278. The Morgan fingerprint density at radius 3 is 2.27 bits per heavy atom. The fraction of sp³-hybridized carbons (Fsp3) is 0.500. The van der Waals surface area contributed by atoms with Crippen molar-refractivity contribution < 1.29 is 33.4 Å². The van der Waals surface area contributed by atoms with E-state index < -0.39 is 23.5 Å². The standard InChI is InChI=1S/C32H40N2O7/c1-22(17-25(35)20-34-13-15-40-16-14-34)31(38)33-28(18-23-9-11-26(39-3)12-10-23)29(36)19-27(24-7-5-4-6-8-24)30(37)32(2)21-41-32/h4-12,22,27-28H,13-21H2,1-3H3,(H,33,38)/t22?,27-,28-,32+/m0/s1. The highest BCUT2D eigenvalue weighted by Crippen LogP contribution is 2.36. The molecule has 1 amide bonds. The summed E-state index contributed by atoms with van der Waals surface area (Å²) in [6, 6.07) is 15.6. The third-order valence-electron chi connectivity index (χ3n) is 7.81. The zero-order valence-electron chi connectivity index (χ0n) is 24.1. The number of hydrogen-bond donors (Lipinski definition) is 1. The molecule has 0 aromatic heterocycles. The Bertz CT molecular complexity index is 1200. The Balaban J connectivity index is 1.48. The van der Waals surface area contributed by atoms with Crippen molar-refractivity contribution in [3.05, 3.63) is 65.7 Å². The van der Waals surface area contributed by atoms with Gasteiger partial charge in [0.25, 0.3) is 0 Å². The maximum Gasteiger partial charge on any atom is 0.223 e. The average Bonchev–Trinajstić information content (AvgIpc) is 3.74. The topological polar surface area (TPSA) is 115 Å². The lowest BCUT2D eigenvalue weighted by molar-refractivity contribution is -0.133. The summed E-state index contributed by atoms with van der Waals surface area (Å²) in [4.78, 5) is 55.2. The number of Topliss-reactive ketones (excluding diaryl/α,β-unsaturated/α-hetero) is 3. The van der Waals surface area contributed by atoms with Gasteiger partial charge in [0.2, 0.25) is 5.91 Å². The molecule has 4 atom stereocenters. The molecule has 9 heteroatoms. The summed E-state index contributed by atoms with van der Waals surface area (Å²) in [6.07, 6.45) is 0.243. The molecule has 220 valence electrons. The SMILES string of the molecule is COc1ccc(C[C@H](NC(=O)C(C)CC(=O)CN2CCOCC2)C(=O)C[C@H](C(=O)[C@@]2(C)CO2)c2ccccc2)cc1. The number of carbonyl (C=O) groups excluding carboxylic acids is 4. The molecule has 4 rings (SSSR count). The minimum atomic E-state index is -0.898. The highest BCUT2D eigenvalue weighted by molar-refractivity contribution is 6.00. The zero-order valence-corrected chi connectivity index (χ0v) is 24.1. The van der Waals surface area contributed by atoms with Crippen molar-refractivity contribution in [2.45, 2.75) is 50.7 Å². The van der Waals surface area contributed by atoms with Crippen molar-refractivity contribution in [3.8, 4) is 5.75 Å². The van der Waals surface area contributed by atoms with Crippen LogP contribution in [0.2, 0.25) is 0 Å². The monoisotopic (exact) mass is 564 g/mol. The fourth-order valence-corrected chi connectivity index (χ4v) is 5.07. The predicted octanol–water partition coefficient (Wildman–Crippen LogP) is 2.75. The van der Waals surface area contributed by atoms with Crippen molar-refractivity contribution in [2.75, 3.05) is 46.6 Å². The molecule has 2 heterocycles. The highest BCUT2D eigenvalue weighted by atomic mass is 16.6. The molecule has 2 aliphatic rings. The molecule has 0 bridgehead atoms. The maximum absolute atomic E-state index is 13.8. The van der Waals surface area contributed by atoms with Crippen LogP contribution < -0.4 is 10.1 Å². The van der Waals surface area contributed by atoms with Crippen LogP contribution in [0.4, 0.5) is 0 Å². The van der Waals surface area contributed by atoms with E-state index in [4.69, 9.17) is 14.2 Å².